The average molecular weight is 221 g/mol. The van der Waals surface area contributed by atoms with Gasteiger partial charge in [0, 0.05) is 16.3 Å². The fourth-order valence-electron chi connectivity index (χ4n) is 1.87. The molecule has 1 aromatic heterocycles. The molecule has 0 N–H and O–H groups in total. The minimum absolute atomic E-state index is 0.0482. The molecule has 2 nitrogen and oxygen atoms in total. The number of thiophene rings is 1. The fraction of sp³-hybridized carbons (Fsp3) is 0.417. The highest BCUT2D eigenvalue weighted by molar-refractivity contribution is 7.12. The van der Waals surface area contributed by atoms with Crippen LogP contribution >= 0.6 is 11.3 Å². The highest BCUT2D eigenvalue weighted by Crippen LogP contribution is 2.28. The predicted octanol–water partition coefficient (Wildman–Crippen LogP) is 2.38. The number of amides is 1. The number of rotatable bonds is 2. The van der Waals surface area contributed by atoms with Crippen LogP contribution in [-0.4, -0.2) is 17.4 Å². The van der Waals surface area contributed by atoms with Crippen LogP contribution in [0.5, 0.6) is 0 Å². The Bertz CT molecular complexity index is 394. The van der Waals surface area contributed by atoms with Crippen LogP contribution in [0, 0.1) is 0 Å². The standard InChI is InChI=1S/C12H15NOS/c1-3-10-7-9-5-6-13(12(14)4-2)8-11(9)15-10/h4,7H,2-3,5-6,8H2,1H3. The molecular formula is C12H15NOS. The van der Waals surface area contributed by atoms with Gasteiger partial charge in [0.2, 0.25) is 5.91 Å². The number of aryl methyl sites for hydroxylation is 1. The van der Waals surface area contributed by atoms with E-state index in [4.69, 9.17) is 0 Å². The van der Waals surface area contributed by atoms with E-state index in [9.17, 15) is 4.79 Å². The Morgan fingerprint density at radius 3 is 3.20 bits per heavy atom. The normalized spacial score (nSPS) is 14.9. The van der Waals surface area contributed by atoms with Gasteiger partial charge < -0.3 is 4.90 Å². The lowest BCUT2D eigenvalue weighted by Crippen LogP contribution is -2.33. The molecule has 0 atom stereocenters. The summed E-state index contributed by atoms with van der Waals surface area (Å²) in [7, 11) is 0. The molecule has 1 aliphatic rings. The predicted molar refractivity (Wildman–Crippen MR) is 63.0 cm³/mol. The van der Waals surface area contributed by atoms with E-state index in [1.54, 1.807) is 0 Å². The van der Waals surface area contributed by atoms with E-state index in [0.717, 1.165) is 25.9 Å². The average Bonchev–Trinajstić information content (AvgIpc) is 2.69. The molecule has 1 aromatic rings. The van der Waals surface area contributed by atoms with Crippen molar-refractivity contribution in [2.75, 3.05) is 6.54 Å². The van der Waals surface area contributed by atoms with E-state index in [2.05, 4.69) is 19.6 Å². The number of fused-ring (bicyclic) bond motifs is 1. The summed E-state index contributed by atoms with van der Waals surface area (Å²) in [5.74, 6) is 0.0482. The monoisotopic (exact) mass is 221 g/mol. The zero-order valence-electron chi connectivity index (χ0n) is 8.95. The van der Waals surface area contributed by atoms with Crippen molar-refractivity contribution in [3.05, 3.63) is 34.0 Å². The molecular weight excluding hydrogens is 206 g/mol. The zero-order valence-corrected chi connectivity index (χ0v) is 9.77. The second-order valence-corrected chi connectivity index (χ2v) is 4.95. The molecule has 0 spiro atoms. The molecule has 0 saturated heterocycles. The lowest BCUT2D eigenvalue weighted by molar-refractivity contribution is -0.126. The lowest BCUT2D eigenvalue weighted by Gasteiger charge is -2.25. The Kier molecular flexibility index (Phi) is 2.91. The Hall–Kier alpha value is -1.09. The lowest BCUT2D eigenvalue weighted by atomic mass is 10.1. The summed E-state index contributed by atoms with van der Waals surface area (Å²) in [5.41, 5.74) is 1.44. The summed E-state index contributed by atoms with van der Waals surface area (Å²) in [4.78, 5) is 16.1. The van der Waals surface area contributed by atoms with Crippen LogP contribution in [-0.2, 0) is 24.2 Å². The van der Waals surface area contributed by atoms with Gasteiger partial charge >= 0.3 is 0 Å². The van der Waals surface area contributed by atoms with E-state index in [-0.39, 0.29) is 5.91 Å². The van der Waals surface area contributed by atoms with Crippen LogP contribution in [0.25, 0.3) is 0 Å². The molecule has 2 rings (SSSR count). The van der Waals surface area contributed by atoms with E-state index >= 15 is 0 Å². The number of carbonyl (C=O) groups is 1. The topological polar surface area (TPSA) is 20.3 Å². The largest absolute Gasteiger partial charge is 0.334 e. The summed E-state index contributed by atoms with van der Waals surface area (Å²) >= 11 is 1.84. The maximum atomic E-state index is 11.5. The number of hydrogen-bond donors (Lipinski definition) is 0. The summed E-state index contributed by atoms with van der Waals surface area (Å²) < 4.78 is 0. The first-order chi connectivity index (χ1) is 7.24. The molecule has 15 heavy (non-hydrogen) atoms. The van der Waals surface area contributed by atoms with E-state index < -0.39 is 0 Å². The third-order valence-corrected chi connectivity index (χ3v) is 4.07. The van der Waals surface area contributed by atoms with Crippen molar-refractivity contribution >= 4 is 17.2 Å². The molecule has 1 amide bonds. The first-order valence-electron chi connectivity index (χ1n) is 5.26. The third-order valence-electron chi connectivity index (χ3n) is 2.77. The minimum atomic E-state index is 0.0482. The number of carbonyl (C=O) groups excluding carboxylic acids is 1. The van der Waals surface area contributed by atoms with Crippen LogP contribution in [0.1, 0.15) is 22.2 Å². The van der Waals surface area contributed by atoms with Crippen molar-refractivity contribution in [3.63, 3.8) is 0 Å². The molecule has 0 aliphatic carbocycles. The molecule has 0 fully saturated rings. The van der Waals surface area contributed by atoms with Crippen LogP contribution < -0.4 is 0 Å². The highest BCUT2D eigenvalue weighted by Gasteiger charge is 2.20. The molecule has 0 unspecified atom stereocenters. The molecule has 0 bridgehead atoms. The molecule has 2 heterocycles. The van der Waals surface area contributed by atoms with Gasteiger partial charge in [0.1, 0.15) is 0 Å². The minimum Gasteiger partial charge on any atom is -0.334 e. The smallest absolute Gasteiger partial charge is 0.246 e. The molecule has 0 aromatic carbocycles. The van der Waals surface area contributed by atoms with Crippen LogP contribution in [0.3, 0.4) is 0 Å². The molecule has 0 radical (unpaired) electrons. The third kappa shape index (κ3) is 1.97. The van der Waals surface area contributed by atoms with Crippen LogP contribution in [0.2, 0.25) is 0 Å². The molecule has 3 heteroatoms. The number of hydrogen-bond acceptors (Lipinski definition) is 2. The quantitative estimate of drug-likeness (QED) is 0.702. The van der Waals surface area contributed by atoms with E-state index in [0.29, 0.717) is 0 Å². The Morgan fingerprint density at radius 1 is 1.73 bits per heavy atom. The Labute approximate surface area is 94.2 Å². The van der Waals surface area contributed by atoms with Crippen molar-refractivity contribution in [3.8, 4) is 0 Å². The summed E-state index contributed by atoms with van der Waals surface area (Å²) in [6, 6.07) is 2.29. The maximum absolute atomic E-state index is 11.5. The van der Waals surface area contributed by atoms with Gasteiger partial charge in [-0.2, -0.15) is 0 Å². The first kappa shape index (κ1) is 10.4. The van der Waals surface area contributed by atoms with Crippen LogP contribution in [0.4, 0.5) is 0 Å². The van der Waals surface area contributed by atoms with Crippen molar-refractivity contribution in [2.24, 2.45) is 0 Å². The van der Waals surface area contributed by atoms with Gasteiger partial charge in [-0.15, -0.1) is 11.3 Å². The first-order valence-corrected chi connectivity index (χ1v) is 6.08. The van der Waals surface area contributed by atoms with Gasteiger partial charge in [0.25, 0.3) is 0 Å². The van der Waals surface area contributed by atoms with Crippen molar-refractivity contribution in [1.82, 2.24) is 4.90 Å². The van der Waals surface area contributed by atoms with Gasteiger partial charge in [-0.05, 0) is 30.5 Å². The second kappa shape index (κ2) is 4.19. The van der Waals surface area contributed by atoms with Gasteiger partial charge in [0.05, 0.1) is 6.54 Å². The zero-order chi connectivity index (χ0) is 10.8. The van der Waals surface area contributed by atoms with E-state index in [1.807, 2.05) is 16.2 Å². The van der Waals surface area contributed by atoms with Crippen LogP contribution in [0.15, 0.2) is 18.7 Å². The van der Waals surface area contributed by atoms with E-state index in [1.165, 1.54) is 21.4 Å². The van der Waals surface area contributed by atoms with Gasteiger partial charge in [0.15, 0.2) is 0 Å². The highest BCUT2D eigenvalue weighted by atomic mass is 32.1. The molecule has 1 aliphatic heterocycles. The van der Waals surface area contributed by atoms with Crippen molar-refractivity contribution in [2.45, 2.75) is 26.3 Å². The Balaban J connectivity index is 2.18. The van der Waals surface area contributed by atoms with Gasteiger partial charge in [-0.1, -0.05) is 13.5 Å². The molecule has 80 valence electrons. The molecule has 0 saturated carbocycles. The van der Waals surface area contributed by atoms with Crippen molar-refractivity contribution < 1.29 is 4.79 Å². The van der Waals surface area contributed by atoms with Crippen molar-refractivity contribution in [1.29, 1.82) is 0 Å². The second-order valence-electron chi connectivity index (χ2n) is 3.73. The van der Waals surface area contributed by atoms with Gasteiger partial charge in [-0.3, -0.25) is 4.79 Å². The van der Waals surface area contributed by atoms with Gasteiger partial charge in [-0.25, -0.2) is 0 Å². The Morgan fingerprint density at radius 2 is 2.53 bits per heavy atom. The summed E-state index contributed by atoms with van der Waals surface area (Å²) in [5, 5.41) is 0. The SMILES string of the molecule is C=CC(=O)N1CCc2cc(CC)sc2C1. The number of nitrogens with zero attached hydrogens (tertiary/aromatic N) is 1. The maximum Gasteiger partial charge on any atom is 0.246 e. The fourth-order valence-corrected chi connectivity index (χ4v) is 3.05. The summed E-state index contributed by atoms with van der Waals surface area (Å²) in [6.45, 7) is 7.30. The summed E-state index contributed by atoms with van der Waals surface area (Å²) in [6.07, 6.45) is 3.48.